The van der Waals surface area contributed by atoms with Gasteiger partial charge < -0.3 is 9.64 Å². The molecule has 0 N–H and O–H groups in total. The fourth-order valence-electron chi connectivity index (χ4n) is 2.79. The molecule has 1 aliphatic heterocycles. The Kier molecular flexibility index (Phi) is 3.16. The summed E-state index contributed by atoms with van der Waals surface area (Å²) in [5.41, 5.74) is 1.62. The van der Waals surface area contributed by atoms with Gasteiger partial charge in [-0.25, -0.2) is 4.98 Å². The van der Waals surface area contributed by atoms with Gasteiger partial charge in [0.1, 0.15) is 17.6 Å². The van der Waals surface area contributed by atoms with Gasteiger partial charge in [0.15, 0.2) is 0 Å². The van der Waals surface area contributed by atoms with Gasteiger partial charge in [0.05, 0.1) is 12.2 Å². The van der Waals surface area contributed by atoms with E-state index in [-0.39, 0.29) is 6.10 Å². The van der Waals surface area contributed by atoms with Crippen LogP contribution >= 0.6 is 0 Å². The zero-order chi connectivity index (χ0) is 13.4. The van der Waals surface area contributed by atoms with Crippen LogP contribution in [0.1, 0.15) is 31.0 Å². The molecule has 3 rings (SSSR count). The summed E-state index contributed by atoms with van der Waals surface area (Å²) in [7, 11) is 0. The van der Waals surface area contributed by atoms with Crippen molar-refractivity contribution >= 4 is 5.82 Å². The van der Waals surface area contributed by atoms with Gasteiger partial charge in [-0.2, -0.15) is 5.26 Å². The van der Waals surface area contributed by atoms with E-state index in [1.54, 1.807) is 6.07 Å². The first-order chi connectivity index (χ1) is 9.17. The highest BCUT2D eigenvalue weighted by atomic mass is 16.5. The molecular formula is C15H19N3O. The molecule has 2 unspecified atom stereocenters. The van der Waals surface area contributed by atoms with E-state index < -0.39 is 0 Å². The maximum Gasteiger partial charge on any atom is 0.142 e. The highest BCUT2D eigenvalue weighted by Gasteiger charge is 2.37. The van der Waals surface area contributed by atoms with E-state index >= 15 is 0 Å². The minimum Gasteiger partial charge on any atom is -0.371 e. The molecule has 0 amide bonds. The molecule has 19 heavy (non-hydrogen) atoms. The minimum absolute atomic E-state index is 0.228. The first-order valence-corrected chi connectivity index (χ1v) is 6.95. The Balaban J connectivity index is 1.85. The second kappa shape index (κ2) is 4.82. The third kappa shape index (κ3) is 2.57. The number of nitrogens with zero attached hydrogens (tertiary/aromatic N) is 3. The maximum absolute atomic E-state index is 9.00. The van der Waals surface area contributed by atoms with Gasteiger partial charge in [-0.3, -0.25) is 0 Å². The molecule has 4 nitrogen and oxygen atoms in total. The van der Waals surface area contributed by atoms with Crippen LogP contribution in [0, 0.1) is 24.2 Å². The average molecular weight is 257 g/mol. The molecule has 0 aromatic carbocycles. The summed E-state index contributed by atoms with van der Waals surface area (Å²) in [6.07, 6.45) is 3.13. The molecule has 0 radical (unpaired) electrons. The van der Waals surface area contributed by atoms with Crippen LogP contribution in [-0.4, -0.2) is 30.3 Å². The molecule has 2 heterocycles. The van der Waals surface area contributed by atoms with E-state index in [0.29, 0.717) is 11.8 Å². The van der Waals surface area contributed by atoms with Crippen LogP contribution < -0.4 is 4.90 Å². The van der Waals surface area contributed by atoms with Crippen molar-refractivity contribution in [3.05, 3.63) is 23.4 Å². The predicted octanol–water partition coefficient (Wildman–Crippen LogP) is 2.27. The van der Waals surface area contributed by atoms with Gasteiger partial charge in [0.25, 0.3) is 0 Å². The number of aryl methyl sites for hydroxylation is 1. The molecular weight excluding hydrogens is 238 g/mol. The van der Waals surface area contributed by atoms with Crippen molar-refractivity contribution in [1.82, 2.24) is 4.98 Å². The summed E-state index contributed by atoms with van der Waals surface area (Å²) in [6, 6.07) is 5.88. The Morgan fingerprint density at radius 1 is 1.37 bits per heavy atom. The number of hydrogen-bond donors (Lipinski definition) is 0. The van der Waals surface area contributed by atoms with Crippen LogP contribution in [0.5, 0.6) is 0 Å². The Morgan fingerprint density at radius 2 is 2.16 bits per heavy atom. The fraction of sp³-hybridized carbons (Fsp3) is 0.600. The van der Waals surface area contributed by atoms with E-state index in [1.165, 1.54) is 12.8 Å². The van der Waals surface area contributed by atoms with Crippen LogP contribution in [0.25, 0.3) is 0 Å². The maximum atomic E-state index is 9.00. The summed E-state index contributed by atoms with van der Waals surface area (Å²) >= 11 is 0. The van der Waals surface area contributed by atoms with Gasteiger partial charge in [0.2, 0.25) is 0 Å². The molecule has 0 spiro atoms. The lowest BCUT2D eigenvalue weighted by Gasteiger charge is -2.38. The molecule has 1 aromatic rings. The highest BCUT2D eigenvalue weighted by Crippen LogP contribution is 2.37. The fourth-order valence-corrected chi connectivity index (χ4v) is 2.79. The van der Waals surface area contributed by atoms with E-state index in [9.17, 15) is 0 Å². The third-order valence-electron chi connectivity index (χ3n) is 3.92. The lowest BCUT2D eigenvalue weighted by Crippen LogP contribution is -2.48. The van der Waals surface area contributed by atoms with Gasteiger partial charge in [-0.05, 0) is 44.2 Å². The molecule has 0 bridgehead atoms. The van der Waals surface area contributed by atoms with Crippen molar-refractivity contribution in [1.29, 1.82) is 5.26 Å². The quantitative estimate of drug-likeness (QED) is 0.815. The zero-order valence-corrected chi connectivity index (χ0v) is 11.5. The lowest BCUT2D eigenvalue weighted by molar-refractivity contribution is -0.0274. The zero-order valence-electron chi connectivity index (χ0n) is 11.5. The number of nitriles is 1. The van der Waals surface area contributed by atoms with Crippen molar-refractivity contribution in [2.45, 2.75) is 38.9 Å². The smallest absolute Gasteiger partial charge is 0.142 e. The first kappa shape index (κ1) is 12.4. The second-order valence-electron chi connectivity index (χ2n) is 5.68. The third-order valence-corrected chi connectivity index (χ3v) is 3.92. The summed E-state index contributed by atoms with van der Waals surface area (Å²) < 4.78 is 6.02. The van der Waals surface area contributed by atoms with E-state index in [4.69, 9.17) is 10.00 Å². The second-order valence-corrected chi connectivity index (χ2v) is 5.68. The summed E-state index contributed by atoms with van der Waals surface area (Å²) in [4.78, 5) is 6.76. The molecule has 4 heteroatoms. The number of pyridine rings is 1. The minimum atomic E-state index is 0.228. The topological polar surface area (TPSA) is 49.2 Å². The molecule has 2 fully saturated rings. The molecule has 1 saturated carbocycles. The van der Waals surface area contributed by atoms with Gasteiger partial charge >= 0.3 is 0 Å². The molecule has 1 aliphatic carbocycles. The first-order valence-electron chi connectivity index (χ1n) is 6.95. The van der Waals surface area contributed by atoms with Crippen molar-refractivity contribution in [2.24, 2.45) is 5.92 Å². The SMILES string of the molecule is Cc1ccc(C#N)nc1N1CC(C)OC(C2CC2)C1. The Labute approximate surface area is 114 Å². The van der Waals surface area contributed by atoms with E-state index in [1.807, 2.05) is 6.07 Å². The monoisotopic (exact) mass is 257 g/mol. The molecule has 1 saturated heterocycles. The van der Waals surface area contributed by atoms with Crippen LogP contribution in [0.15, 0.2) is 12.1 Å². The van der Waals surface area contributed by atoms with E-state index in [0.717, 1.165) is 30.4 Å². The standard InChI is InChI=1S/C15H19N3O/c1-10-3-6-13(7-16)17-15(10)18-8-11(2)19-14(9-18)12-4-5-12/h3,6,11-12,14H,4-5,8-9H2,1-2H3. The molecule has 1 aromatic heterocycles. The van der Waals surface area contributed by atoms with Crippen LogP contribution in [0.4, 0.5) is 5.82 Å². The van der Waals surface area contributed by atoms with Crippen molar-refractivity contribution in [3.63, 3.8) is 0 Å². The Hall–Kier alpha value is -1.60. The highest BCUT2D eigenvalue weighted by molar-refractivity contribution is 5.49. The van der Waals surface area contributed by atoms with Gasteiger partial charge in [-0.15, -0.1) is 0 Å². The number of ether oxygens (including phenoxy) is 1. The predicted molar refractivity (Wildman–Crippen MR) is 73.0 cm³/mol. The van der Waals surface area contributed by atoms with Crippen molar-refractivity contribution in [3.8, 4) is 6.07 Å². The van der Waals surface area contributed by atoms with Gasteiger partial charge in [0, 0.05) is 13.1 Å². The summed E-state index contributed by atoms with van der Waals surface area (Å²) in [6.45, 7) is 5.92. The summed E-state index contributed by atoms with van der Waals surface area (Å²) in [5, 5.41) is 9.00. The Morgan fingerprint density at radius 3 is 2.84 bits per heavy atom. The average Bonchev–Trinajstić information content (AvgIpc) is 3.23. The lowest BCUT2D eigenvalue weighted by atomic mass is 10.1. The largest absolute Gasteiger partial charge is 0.371 e. The number of aromatic nitrogens is 1. The normalized spacial score (nSPS) is 27.1. The van der Waals surface area contributed by atoms with Crippen LogP contribution in [0.3, 0.4) is 0 Å². The molecule has 2 aliphatic rings. The van der Waals surface area contributed by atoms with Crippen molar-refractivity contribution < 1.29 is 4.74 Å². The van der Waals surface area contributed by atoms with Crippen LogP contribution in [0.2, 0.25) is 0 Å². The summed E-state index contributed by atoms with van der Waals surface area (Å²) in [5.74, 6) is 1.67. The number of morpholine rings is 1. The molecule has 2 atom stereocenters. The number of rotatable bonds is 2. The van der Waals surface area contributed by atoms with Crippen molar-refractivity contribution in [2.75, 3.05) is 18.0 Å². The van der Waals surface area contributed by atoms with Crippen LogP contribution in [-0.2, 0) is 4.74 Å². The molecule has 100 valence electrons. The Bertz CT molecular complexity index is 519. The number of anilines is 1. The van der Waals surface area contributed by atoms with Gasteiger partial charge in [-0.1, -0.05) is 6.07 Å². The number of hydrogen-bond acceptors (Lipinski definition) is 4. The van der Waals surface area contributed by atoms with E-state index in [2.05, 4.69) is 29.8 Å².